The van der Waals surface area contributed by atoms with Crippen molar-refractivity contribution >= 4 is 53.9 Å². The molecule has 0 radical (unpaired) electrons. The second kappa shape index (κ2) is 3.69. The summed E-state index contributed by atoms with van der Waals surface area (Å²) in [5.41, 5.74) is 0. The van der Waals surface area contributed by atoms with Gasteiger partial charge in [-0.1, -0.05) is 11.6 Å². The van der Waals surface area contributed by atoms with Gasteiger partial charge < -0.3 is 0 Å². The second-order valence-corrected chi connectivity index (χ2v) is 6.20. The summed E-state index contributed by atoms with van der Waals surface area (Å²) >= 11 is 7.59. The van der Waals surface area contributed by atoms with Crippen LogP contribution in [0, 0.1) is 3.57 Å². The Kier molecular flexibility index (Phi) is 3.25. The molecular formula is C6H3Cl2IO2S. The molecule has 1 rings (SSSR count). The highest BCUT2D eigenvalue weighted by molar-refractivity contribution is 14.1. The molecule has 6 heteroatoms. The van der Waals surface area contributed by atoms with Gasteiger partial charge in [-0.25, -0.2) is 8.42 Å². The Labute approximate surface area is 93.4 Å². The Morgan fingerprint density at radius 1 is 1.33 bits per heavy atom. The van der Waals surface area contributed by atoms with Gasteiger partial charge in [-0.2, -0.15) is 0 Å². The smallest absolute Gasteiger partial charge is 0.207 e. The SMILES string of the molecule is O=S(=O)(Cl)c1cc(I)ccc1Cl. The lowest BCUT2D eigenvalue weighted by molar-refractivity contribution is 0.609. The van der Waals surface area contributed by atoms with Crippen LogP contribution in [0.1, 0.15) is 0 Å². The molecule has 12 heavy (non-hydrogen) atoms. The van der Waals surface area contributed by atoms with Crippen molar-refractivity contribution in [2.45, 2.75) is 4.90 Å². The molecule has 0 amide bonds. The third-order valence-electron chi connectivity index (χ3n) is 1.16. The maximum atomic E-state index is 10.9. The molecule has 0 aliphatic heterocycles. The Morgan fingerprint density at radius 2 is 1.92 bits per heavy atom. The summed E-state index contributed by atoms with van der Waals surface area (Å²) in [7, 11) is 1.40. The van der Waals surface area contributed by atoms with Crippen LogP contribution in [0.5, 0.6) is 0 Å². The highest BCUT2D eigenvalue weighted by atomic mass is 127. The third-order valence-corrected chi connectivity index (χ3v) is 3.63. The van der Waals surface area contributed by atoms with Gasteiger partial charge in [0.1, 0.15) is 4.90 Å². The summed E-state index contributed by atoms with van der Waals surface area (Å²) in [4.78, 5) is -0.0438. The van der Waals surface area contributed by atoms with Gasteiger partial charge >= 0.3 is 0 Å². The normalized spacial score (nSPS) is 11.6. The van der Waals surface area contributed by atoms with Crippen molar-refractivity contribution in [2.75, 3.05) is 0 Å². The summed E-state index contributed by atoms with van der Waals surface area (Å²) in [6.07, 6.45) is 0. The molecule has 0 saturated carbocycles. The van der Waals surface area contributed by atoms with E-state index in [2.05, 4.69) is 0 Å². The van der Waals surface area contributed by atoms with Crippen LogP contribution in [-0.4, -0.2) is 8.42 Å². The van der Waals surface area contributed by atoms with Crippen molar-refractivity contribution < 1.29 is 8.42 Å². The van der Waals surface area contributed by atoms with E-state index in [0.717, 1.165) is 3.57 Å². The molecule has 0 fully saturated rings. The number of hydrogen-bond acceptors (Lipinski definition) is 2. The molecule has 0 N–H and O–H groups in total. The standard InChI is InChI=1S/C6H3Cl2IO2S/c7-5-2-1-4(9)3-6(5)12(8,10)11/h1-3H. The molecule has 0 bridgehead atoms. The predicted octanol–water partition coefficient (Wildman–Crippen LogP) is 2.87. The molecule has 0 aliphatic rings. The van der Waals surface area contributed by atoms with Crippen molar-refractivity contribution in [3.8, 4) is 0 Å². The maximum Gasteiger partial charge on any atom is 0.262 e. The van der Waals surface area contributed by atoms with E-state index in [1.54, 1.807) is 6.07 Å². The summed E-state index contributed by atoms with van der Waals surface area (Å²) in [6, 6.07) is 4.62. The van der Waals surface area contributed by atoms with Crippen LogP contribution in [0.3, 0.4) is 0 Å². The molecule has 0 spiro atoms. The fraction of sp³-hybridized carbons (Fsp3) is 0. The van der Waals surface area contributed by atoms with Crippen molar-refractivity contribution in [2.24, 2.45) is 0 Å². The highest BCUT2D eigenvalue weighted by Gasteiger charge is 2.14. The molecule has 0 saturated heterocycles. The van der Waals surface area contributed by atoms with Crippen LogP contribution in [0.15, 0.2) is 23.1 Å². The zero-order chi connectivity index (χ0) is 9.35. The summed E-state index contributed by atoms with van der Waals surface area (Å²) in [5, 5.41) is 0.144. The van der Waals surface area contributed by atoms with E-state index < -0.39 is 9.05 Å². The minimum Gasteiger partial charge on any atom is -0.207 e. The van der Waals surface area contributed by atoms with E-state index in [1.165, 1.54) is 12.1 Å². The van der Waals surface area contributed by atoms with E-state index in [9.17, 15) is 8.42 Å². The predicted molar refractivity (Wildman–Crippen MR) is 57.2 cm³/mol. The Hall–Kier alpha value is 0.480. The molecule has 0 aliphatic carbocycles. The van der Waals surface area contributed by atoms with Crippen LogP contribution in [0.4, 0.5) is 0 Å². The van der Waals surface area contributed by atoms with Crippen molar-refractivity contribution in [1.82, 2.24) is 0 Å². The number of hydrogen-bond donors (Lipinski definition) is 0. The monoisotopic (exact) mass is 336 g/mol. The van der Waals surface area contributed by atoms with Crippen LogP contribution in [0.2, 0.25) is 5.02 Å². The Morgan fingerprint density at radius 3 is 2.33 bits per heavy atom. The Bertz CT molecular complexity index is 402. The zero-order valence-corrected chi connectivity index (χ0v) is 10.1. The van der Waals surface area contributed by atoms with Gasteiger partial charge in [-0.05, 0) is 40.8 Å². The molecule has 0 atom stereocenters. The molecular weight excluding hydrogens is 334 g/mol. The molecule has 1 aromatic carbocycles. The topological polar surface area (TPSA) is 34.1 Å². The maximum absolute atomic E-state index is 10.9. The minimum atomic E-state index is -3.72. The fourth-order valence-corrected chi connectivity index (χ4v) is 2.86. The highest BCUT2D eigenvalue weighted by Crippen LogP contribution is 2.25. The number of rotatable bonds is 1. The summed E-state index contributed by atoms with van der Waals surface area (Å²) in [5.74, 6) is 0. The lowest BCUT2D eigenvalue weighted by Crippen LogP contribution is -1.92. The first-order chi connectivity index (χ1) is 5.41. The first-order valence-corrected chi connectivity index (χ1v) is 6.57. The lowest BCUT2D eigenvalue weighted by atomic mass is 10.4. The van der Waals surface area contributed by atoms with Gasteiger partial charge in [0.2, 0.25) is 0 Å². The van der Waals surface area contributed by atoms with Crippen molar-refractivity contribution in [1.29, 1.82) is 0 Å². The lowest BCUT2D eigenvalue weighted by Gasteiger charge is -1.99. The molecule has 0 heterocycles. The quantitative estimate of drug-likeness (QED) is 0.583. The van der Waals surface area contributed by atoms with Gasteiger partial charge in [-0.15, -0.1) is 0 Å². The van der Waals surface area contributed by atoms with Crippen molar-refractivity contribution in [3.63, 3.8) is 0 Å². The first-order valence-electron chi connectivity index (χ1n) is 2.81. The van der Waals surface area contributed by atoms with Gasteiger partial charge in [-0.3, -0.25) is 0 Å². The summed E-state index contributed by atoms with van der Waals surface area (Å²) in [6.45, 7) is 0. The molecule has 2 nitrogen and oxygen atoms in total. The first kappa shape index (κ1) is 10.6. The third kappa shape index (κ3) is 2.48. The van der Waals surface area contributed by atoms with E-state index in [0.29, 0.717) is 0 Å². The van der Waals surface area contributed by atoms with E-state index in [4.69, 9.17) is 22.3 Å². The van der Waals surface area contributed by atoms with Gasteiger partial charge in [0.15, 0.2) is 0 Å². The van der Waals surface area contributed by atoms with Gasteiger partial charge in [0.25, 0.3) is 9.05 Å². The van der Waals surface area contributed by atoms with E-state index in [-0.39, 0.29) is 9.92 Å². The number of benzene rings is 1. The average molecular weight is 337 g/mol. The van der Waals surface area contributed by atoms with Crippen LogP contribution < -0.4 is 0 Å². The zero-order valence-electron chi connectivity index (χ0n) is 5.59. The van der Waals surface area contributed by atoms with Gasteiger partial charge in [0.05, 0.1) is 5.02 Å². The van der Waals surface area contributed by atoms with Crippen LogP contribution in [-0.2, 0) is 9.05 Å². The second-order valence-electron chi connectivity index (χ2n) is 2.01. The fourth-order valence-electron chi connectivity index (χ4n) is 0.664. The molecule has 0 aromatic heterocycles. The molecule has 1 aromatic rings. The molecule has 66 valence electrons. The van der Waals surface area contributed by atoms with E-state index >= 15 is 0 Å². The van der Waals surface area contributed by atoms with Crippen LogP contribution >= 0.6 is 44.9 Å². The van der Waals surface area contributed by atoms with Crippen LogP contribution in [0.25, 0.3) is 0 Å². The number of halogens is 3. The average Bonchev–Trinajstić information content (AvgIpc) is 1.92. The largest absolute Gasteiger partial charge is 0.262 e. The minimum absolute atomic E-state index is 0.0438. The van der Waals surface area contributed by atoms with Gasteiger partial charge in [0, 0.05) is 14.3 Å². The molecule has 0 unspecified atom stereocenters. The summed E-state index contributed by atoms with van der Waals surface area (Å²) < 4.78 is 22.5. The van der Waals surface area contributed by atoms with E-state index in [1.807, 2.05) is 22.6 Å². The Balaban J connectivity index is 3.43. The van der Waals surface area contributed by atoms with Crippen molar-refractivity contribution in [3.05, 3.63) is 26.8 Å².